The van der Waals surface area contributed by atoms with Crippen molar-refractivity contribution in [1.82, 2.24) is 5.32 Å². The van der Waals surface area contributed by atoms with Gasteiger partial charge in [0, 0.05) is 15.4 Å². The van der Waals surface area contributed by atoms with E-state index in [1.54, 1.807) is 12.1 Å². The van der Waals surface area contributed by atoms with E-state index < -0.39 is 0 Å². The molecule has 0 atom stereocenters. The van der Waals surface area contributed by atoms with Crippen LogP contribution in [0.4, 0.5) is 0 Å². The summed E-state index contributed by atoms with van der Waals surface area (Å²) in [6.45, 7) is 0.375. The largest absolute Gasteiger partial charge is 0.459 e. The maximum absolute atomic E-state index is 12.0. The Kier molecular flexibility index (Phi) is 3.56. The summed E-state index contributed by atoms with van der Waals surface area (Å²) in [6.07, 6.45) is 0. The Labute approximate surface area is 124 Å². The minimum Gasteiger partial charge on any atom is -0.459 e. The number of fused-ring (bicyclic) bond motifs is 1. The van der Waals surface area contributed by atoms with Crippen molar-refractivity contribution in [1.29, 1.82) is 0 Å². The second-order valence-electron chi connectivity index (χ2n) is 4.44. The number of hydrogen-bond acceptors (Lipinski definition) is 2. The Morgan fingerprint density at radius 1 is 1.10 bits per heavy atom. The summed E-state index contributed by atoms with van der Waals surface area (Å²) in [4.78, 5) is 12.0. The lowest BCUT2D eigenvalue weighted by atomic mass is 10.2. The van der Waals surface area contributed by atoms with Crippen LogP contribution < -0.4 is 5.32 Å². The highest BCUT2D eigenvalue weighted by Gasteiger charge is 2.08. The molecule has 0 saturated carbocycles. The molecule has 0 saturated heterocycles. The fourth-order valence-electron chi connectivity index (χ4n) is 2.02. The van der Waals surface area contributed by atoms with Gasteiger partial charge in [0.2, 0.25) is 0 Å². The zero-order chi connectivity index (χ0) is 13.9. The third-order valence-corrected chi connectivity index (χ3v) is 3.48. The first kappa shape index (κ1) is 12.9. The van der Waals surface area contributed by atoms with Gasteiger partial charge in [-0.25, -0.2) is 0 Å². The molecule has 4 heteroatoms. The minimum absolute atomic E-state index is 0.119. The van der Waals surface area contributed by atoms with Gasteiger partial charge in [-0.05, 0) is 30.3 Å². The van der Waals surface area contributed by atoms with Gasteiger partial charge in [-0.15, -0.1) is 0 Å². The molecule has 0 fully saturated rings. The van der Waals surface area contributed by atoms with Gasteiger partial charge in [-0.2, -0.15) is 0 Å². The molecular formula is C16H12BrNO2. The standard InChI is InChI=1S/C16H12BrNO2/c17-13-6-3-5-12(8-13)16(19)18-10-14-9-11-4-1-2-7-15(11)20-14/h1-9H,10H2,(H,18,19). The van der Waals surface area contributed by atoms with Gasteiger partial charge in [0.1, 0.15) is 11.3 Å². The van der Waals surface area contributed by atoms with Crippen LogP contribution in [-0.2, 0) is 6.54 Å². The van der Waals surface area contributed by atoms with Crippen molar-refractivity contribution < 1.29 is 9.21 Å². The number of amides is 1. The SMILES string of the molecule is O=C(NCc1cc2ccccc2o1)c1cccc(Br)c1. The monoisotopic (exact) mass is 329 g/mol. The molecular weight excluding hydrogens is 318 g/mol. The van der Waals surface area contributed by atoms with E-state index in [0.29, 0.717) is 12.1 Å². The first-order valence-electron chi connectivity index (χ1n) is 6.23. The van der Waals surface area contributed by atoms with Crippen molar-refractivity contribution in [2.45, 2.75) is 6.54 Å². The summed E-state index contributed by atoms with van der Waals surface area (Å²) < 4.78 is 6.54. The average molecular weight is 330 g/mol. The number of halogens is 1. The highest BCUT2D eigenvalue weighted by molar-refractivity contribution is 9.10. The number of furan rings is 1. The third-order valence-electron chi connectivity index (χ3n) is 2.99. The molecule has 20 heavy (non-hydrogen) atoms. The van der Waals surface area contributed by atoms with Crippen LogP contribution in [0.1, 0.15) is 16.1 Å². The van der Waals surface area contributed by atoms with E-state index in [9.17, 15) is 4.79 Å². The molecule has 100 valence electrons. The van der Waals surface area contributed by atoms with Crippen molar-refractivity contribution in [2.24, 2.45) is 0 Å². The van der Waals surface area contributed by atoms with Gasteiger partial charge in [0.05, 0.1) is 6.54 Å². The Hall–Kier alpha value is -2.07. The first-order chi connectivity index (χ1) is 9.72. The number of rotatable bonds is 3. The predicted molar refractivity (Wildman–Crippen MR) is 81.5 cm³/mol. The van der Waals surface area contributed by atoms with Gasteiger partial charge in [-0.3, -0.25) is 4.79 Å². The first-order valence-corrected chi connectivity index (χ1v) is 7.03. The summed E-state index contributed by atoms with van der Waals surface area (Å²) >= 11 is 3.35. The van der Waals surface area contributed by atoms with E-state index in [4.69, 9.17) is 4.42 Å². The van der Waals surface area contributed by atoms with Gasteiger partial charge < -0.3 is 9.73 Å². The molecule has 2 aromatic carbocycles. The smallest absolute Gasteiger partial charge is 0.251 e. The summed E-state index contributed by atoms with van der Waals surface area (Å²) in [7, 11) is 0. The molecule has 3 nitrogen and oxygen atoms in total. The maximum atomic E-state index is 12.0. The minimum atomic E-state index is -0.119. The molecule has 1 amide bonds. The van der Waals surface area contributed by atoms with Crippen molar-refractivity contribution in [3.63, 3.8) is 0 Å². The summed E-state index contributed by atoms with van der Waals surface area (Å²) in [5.41, 5.74) is 1.45. The molecule has 0 aliphatic heterocycles. The highest BCUT2D eigenvalue weighted by atomic mass is 79.9. The fourth-order valence-corrected chi connectivity index (χ4v) is 2.42. The molecule has 1 N–H and O–H groups in total. The highest BCUT2D eigenvalue weighted by Crippen LogP contribution is 2.18. The number of nitrogens with one attached hydrogen (secondary N) is 1. The lowest BCUT2D eigenvalue weighted by Crippen LogP contribution is -2.22. The molecule has 0 aliphatic rings. The van der Waals surface area contributed by atoms with Gasteiger partial charge in [0.15, 0.2) is 0 Å². The number of hydrogen-bond donors (Lipinski definition) is 1. The zero-order valence-corrected chi connectivity index (χ0v) is 12.2. The average Bonchev–Trinajstić information content (AvgIpc) is 2.87. The number of para-hydroxylation sites is 1. The lowest BCUT2D eigenvalue weighted by molar-refractivity contribution is 0.0948. The van der Waals surface area contributed by atoms with Crippen molar-refractivity contribution in [2.75, 3.05) is 0 Å². The van der Waals surface area contributed by atoms with Gasteiger partial charge in [0.25, 0.3) is 5.91 Å². The maximum Gasteiger partial charge on any atom is 0.251 e. The van der Waals surface area contributed by atoms with Crippen LogP contribution >= 0.6 is 15.9 Å². The Morgan fingerprint density at radius 2 is 1.95 bits per heavy atom. The van der Waals surface area contributed by atoms with Crippen molar-refractivity contribution >= 4 is 32.8 Å². The number of benzene rings is 2. The van der Waals surface area contributed by atoms with E-state index in [-0.39, 0.29) is 5.91 Å². The summed E-state index contributed by atoms with van der Waals surface area (Å²) in [6, 6.07) is 17.0. The summed E-state index contributed by atoms with van der Waals surface area (Å²) in [5, 5.41) is 3.89. The third kappa shape index (κ3) is 2.75. The van der Waals surface area contributed by atoms with Crippen molar-refractivity contribution in [3.8, 4) is 0 Å². The Morgan fingerprint density at radius 3 is 2.75 bits per heavy atom. The van der Waals surface area contributed by atoms with Crippen LogP contribution in [-0.4, -0.2) is 5.91 Å². The van der Waals surface area contributed by atoms with Gasteiger partial charge in [-0.1, -0.05) is 40.2 Å². The van der Waals surface area contributed by atoms with E-state index >= 15 is 0 Å². The normalized spacial score (nSPS) is 10.7. The van der Waals surface area contributed by atoms with Crippen LogP contribution in [0.25, 0.3) is 11.0 Å². The van der Waals surface area contributed by atoms with E-state index in [2.05, 4.69) is 21.2 Å². The lowest BCUT2D eigenvalue weighted by Gasteiger charge is -2.03. The van der Waals surface area contributed by atoms with E-state index in [0.717, 1.165) is 21.2 Å². The topological polar surface area (TPSA) is 42.2 Å². The second-order valence-corrected chi connectivity index (χ2v) is 5.36. The van der Waals surface area contributed by atoms with Crippen molar-refractivity contribution in [3.05, 3.63) is 70.4 Å². The number of carbonyl (C=O) groups is 1. The Balaban J connectivity index is 1.71. The Bertz CT molecular complexity index is 731. The fraction of sp³-hybridized carbons (Fsp3) is 0.0625. The number of carbonyl (C=O) groups excluding carboxylic acids is 1. The van der Waals surface area contributed by atoms with Crippen LogP contribution in [0.5, 0.6) is 0 Å². The van der Waals surface area contributed by atoms with Gasteiger partial charge >= 0.3 is 0 Å². The summed E-state index contributed by atoms with van der Waals surface area (Å²) in [5.74, 6) is 0.626. The van der Waals surface area contributed by atoms with Crippen LogP contribution in [0.15, 0.2) is 63.5 Å². The molecule has 1 aromatic heterocycles. The molecule has 0 aliphatic carbocycles. The molecule has 0 unspecified atom stereocenters. The zero-order valence-electron chi connectivity index (χ0n) is 10.6. The molecule has 1 heterocycles. The van der Waals surface area contributed by atoms with Crippen LogP contribution in [0.2, 0.25) is 0 Å². The van der Waals surface area contributed by atoms with E-state index in [1.165, 1.54) is 0 Å². The van der Waals surface area contributed by atoms with Crippen LogP contribution in [0, 0.1) is 0 Å². The molecule has 0 spiro atoms. The molecule has 0 bridgehead atoms. The van der Waals surface area contributed by atoms with E-state index in [1.807, 2.05) is 42.5 Å². The molecule has 3 rings (SSSR count). The second kappa shape index (κ2) is 5.51. The molecule has 0 radical (unpaired) electrons. The quantitative estimate of drug-likeness (QED) is 0.785. The molecule has 3 aromatic rings. The van der Waals surface area contributed by atoms with Crippen LogP contribution in [0.3, 0.4) is 0 Å². The predicted octanol–water partition coefficient (Wildman–Crippen LogP) is 4.13.